The fourth-order valence-corrected chi connectivity index (χ4v) is 3.72. The van der Waals surface area contributed by atoms with Crippen LogP contribution in [0.25, 0.3) is 5.70 Å². The van der Waals surface area contributed by atoms with Crippen LogP contribution in [0, 0.1) is 18.3 Å². The normalized spacial score (nSPS) is 15.3. The summed E-state index contributed by atoms with van der Waals surface area (Å²) >= 11 is 4.73. The van der Waals surface area contributed by atoms with Crippen LogP contribution in [0.4, 0.5) is 0 Å². The maximum Gasteiger partial charge on any atom is 0.207 e. The van der Waals surface area contributed by atoms with Gasteiger partial charge in [0.1, 0.15) is 11.6 Å². The molecule has 0 aromatic heterocycles. The first-order valence-electron chi connectivity index (χ1n) is 7.25. The highest BCUT2D eigenvalue weighted by Gasteiger charge is 2.23. The minimum Gasteiger partial charge on any atom is -0.348 e. The lowest BCUT2D eigenvalue weighted by atomic mass is 10.0. The molecule has 0 atom stereocenters. The number of hydrogen-bond acceptors (Lipinski definition) is 4. The third-order valence-electron chi connectivity index (χ3n) is 3.66. The maximum atomic E-state index is 12.7. The number of nitriles is 1. The van der Waals surface area contributed by atoms with E-state index in [2.05, 4.69) is 21.2 Å². The first-order valence-corrected chi connectivity index (χ1v) is 8.92. The van der Waals surface area contributed by atoms with Crippen molar-refractivity contribution in [3.63, 3.8) is 0 Å². The van der Waals surface area contributed by atoms with Gasteiger partial charge < -0.3 is 5.32 Å². The van der Waals surface area contributed by atoms with Gasteiger partial charge in [-0.25, -0.2) is 0 Å². The zero-order valence-electron chi connectivity index (χ0n) is 12.8. The number of aryl methyl sites for hydroxylation is 1. The molecular formula is C19H13BrN2OS. The molecule has 1 heterocycles. The highest BCUT2D eigenvalue weighted by atomic mass is 79.9. The topological polar surface area (TPSA) is 52.9 Å². The van der Waals surface area contributed by atoms with E-state index in [1.54, 1.807) is 18.2 Å². The molecule has 3 rings (SSSR count). The van der Waals surface area contributed by atoms with Crippen molar-refractivity contribution >= 4 is 39.2 Å². The van der Waals surface area contributed by atoms with E-state index in [0.29, 0.717) is 15.1 Å². The average Bonchev–Trinajstić information content (AvgIpc) is 3.05. The van der Waals surface area contributed by atoms with Crippen molar-refractivity contribution in [1.29, 1.82) is 5.26 Å². The Bertz CT molecular complexity index is 925. The molecule has 0 radical (unpaired) electrons. The monoisotopic (exact) mass is 396 g/mol. The summed E-state index contributed by atoms with van der Waals surface area (Å²) < 4.78 is 0.679. The summed E-state index contributed by atoms with van der Waals surface area (Å²) in [5.41, 5.74) is 3.69. The molecule has 118 valence electrons. The van der Waals surface area contributed by atoms with Crippen LogP contribution in [-0.4, -0.2) is 5.78 Å². The van der Waals surface area contributed by atoms with Gasteiger partial charge in [-0.2, -0.15) is 5.26 Å². The Hall–Kier alpha value is -2.29. The molecule has 0 saturated carbocycles. The second-order valence-corrected chi connectivity index (χ2v) is 6.95. The lowest BCUT2D eigenvalue weighted by Crippen LogP contribution is -2.12. The number of hydrogen-bond donors (Lipinski definition) is 1. The van der Waals surface area contributed by atoms with E-state index in [0.717, 1.165) is 16.8 Å². The molecule has 1 aliphatic rings. The Morgan fingerprint density at radius 3 is 2.58 bits per heavy atom. The average molecular weight is 397 g/mol. The van der Waals surface area contributed by atoms with Crippen LogP contribution in [0.1, 0.15) is 21.5 Å². The molecule has 1 aliphatic heterocycles. The van der Waals surface area contributed by atoms with E-state index in [-0.39, 0.29) is 11.4 Å². The molecule has 1 N–H and O–H groups in total. The van der Waals surface area contributed by atoms with Crippen molar-refractivity contribution < 1.29 is 4.79 Å². The third kappa shape index (κ3) is 3.16. The summed E-state index contributed by atoms with van der Waals surface area (Å²) in [4.78, 5) is 12.7. The molecular weight excluding hydrogens is 384 g/mol. The van der Waals surface area contributed by atoms with Gasteiger partial charge in [-0.05, 0) is 24.6 Å². The Morgan fingerprint density at radius 2 is 1.88 bits per heavy atom. The van der Waals surface area contributed by atoms with E-state index < -0.39 is 0 Å². The van der Waals surface area contributed by atoms with Gasteiger partial charge in [0.05, 0.1) is 10.7 Å². The molecule has 0 spiro atoms. The zero-order chi connectivity index (χ0) is 17.1. The molecule has 0 amide bonds. The Morgan fingerprint density at radius 1 is 1.17 bits per heavy atom. The summed E-state index contributed by atoms with van der Waals surface area (Å²) in [6.07, 6.45) is 0. The Kier molecular flexibility index (Phi) is 4.89. The number of Topliss-reactive ketones (excluding diaryl/α,β-unsaturated/α-hetero) is 1. The highest BCUT2D eigenvalue weighted by molar-refractivity contribution is 9.10. The van der Waals surface area contributed by atoms with Crippen molar-refractivity contribution in [3.05, 3.63) is 85.7 Å². The summed E-state index contributed by atoms with van der Waals surface area (Å²) in [6.45, 7) is 2.03. The van der Waals surface area contributed by atoms with Crippen molar-refractivity contribution in [1.82, 2.24) is 5.32 Å². The van der Waals surface area contributed by atoms with Gasteiger partial charge in [-0.3, -0.25) is 4.79 Å². The van der Waals surface area contributed by atoms with Gasteiger partial charge in [0, 0.05) is 21.0 Å². The van der Waals surface area contributed by atoms with Crippen LogP contribution in [0.2, 0.25) is 0 Å². The number of thioether (sulfide) groups is 1. The quantitative estimate of drug-likeness (QED) is 0.449. The van der Waals surface area contributed by atoms with E-state index in [1.165, 1.54) is 11.8 Å². The maximum absolute atomic E-state index is 12.7. The molecule has 24 heavy (non-hydrogen) atoms. The van der Waals surface area contributed by atoms with Crippen molar-refractivity contribution in [3.8, 4) is 6.07 Å². The fourth-order valence-electron chi connectivity index (χ4n) is 2.41. The van der Waals surface area contributed by atoms with Crippen LogP contribution in [-0.2, 0) is 0 Å². The van der Waals surface area contributed by atoms with Crippen molar-refractivity contribution in [2.45, 2.75) is 6.92 Å². The zero-order valence-corrected chi connectivity index (χ0v) is 15.2. The van der Waals surface area contributed by atoms with Crippen molar-refractivity contribution in [2.75, 3.05) is 0 Å². The predicted molar refractivity (Wildman–Crippen MR) is 101 cm³/mol. The summed E-state index contributed by atoms with van der Waals surface area (Å²) in [5.74, 6) is -0.292. The first kappa shape index (κ1) is 16.6. The number of nitrogens with one attached hydrogen (secondary N) is 1. The number of allylic oxidation sites excluding steroid dienone is 1. The molecule has 2 aromatic carbocycles. The number of ketones is 1. The third-order valence-corrected chi connectivity index (χ3v) is 5.25. The lowest BCUT2D eigenvalue weighted by molar-refractivity contribution is 0.103. The van der Waals surface area contributed by atoms with Gasteiger partial charge in [-0.1, -0.05) is 64.1 Å². The van der Waals surface area contributed by atoms with E-state index in [4.69, 9.17) is 0 Å². The van der Waals surface area contributed by atoms with Crippen LogP contribution >= 0.6 is 27.7 Å². The lowest BCUT2D eigenvalue weighted by Gasteiger charge is -2.09. The van der Waals surface area contributed by atoms with Crippen LogP contribution in [0.15, 0.2) is 69.0 Å². The first-order chi connectivity index (χ1) is 11.6. The smallest absolute Gasteiger partial charge is 0.207 e. The second kappa shape index (κ2) is 7.08. The molecule has 0 fully saturated rings. The Labute approximate surface area is 153 Å². The minimum atomic E-state index is -0.292. The van der Waals surface area contributed by atoms with Crippen LogP contribution < -0.4 is 5.32 Å². The van der Waals surface area contributed by atoms with E-state index in [9.17, 15) is 10.1 Å². The standard InChI is InChI=1S/C19H13BrN2OS/c1-12-6-2-3-7-13(12)17-11-24-19(22-17)15(10-21)18(23)14-8-4-5-9-16(14)20/h2-9,11,22H,1H3/b19-15+. The van der Waals surface area contributed by atoms with Crippen LogP contribution in [0.5, 0.6) is 0 Å². The molecule has 2 aromatic rings. The van der Waals surface area contributed by atoms with E-state index >= 15 is 0 Å². The fraction of sp³-hybridized carbons (Fsp3) is 0.0526. The van der Waals surface area contributed by atoms with Crippen LogP contribution in [0.3, 0.4) is 0 Å². The number of halogens is 1. The number of benzene rings is 2. The van der Waals surface area contributed by atoms with Crippen molar-refractivity contribution in [2.24, 2.45) is 0 Å². The van der Waals surface area contributed by atoms with Gasteiger partial charge >= 0.3 is 0 Å². The highest BCUT2D eigenvalue weighted by Crippen LogP contribution is 2.34. The number of carbonyl (C=O) groups is 1. The minimum absolute atomic E-state index is 0.117. The molecule has 0 saturated heterocycles. The number of carbonyl (C=O) groups excluding carboxylic acids is 1. The second-order valence-electron chi connectivity index (χ2n) is 5.21. The van der Waals surface area contributed by atoms with E-state index in [1.807, 2.05) is 48.7 Å². The molecule has 0 bridgehead atoms. The number of rotatable bonds is 3. The largest absolute Gasteiger partial charge is 0.348 e. The summed E-state index contributed by atoms with van der Waals surface area (Å²) in [7, 11) is 0. The molecule has 0 unspecified atom stereocenters. The molecule has 3 nitrogen and oxygen atoms in total. The van der Waals surface area contributed by atoms with Gasteiger partial charge in [0.25, 0.3) is 0 Å². The molecule has 0 aliphatic carbocycles. The predicted octanol–water partition coefficient (Wildman–Crippen LogP) is 5.01. The number of nitrogens with zero attached hydrogens (tertiary/aromatic N) is 1. The Balaban J connectivity index is 1.93. The summed E-state index contributed by atoms with van der Waals surface area (Å²) in [5, 5.41) is 15.2. The summed E-state index contributed by atoms with van der Waals surface area (Å²) in [6, 6.07) is 17.2. The van der Waals surface area contributed by atoms with Gasteiger partial charge in [-0.15, -0.1) is 0 Å². The SMILES string of the molecule is Cc1ccccc1C1=CS/C(=C(\C#N)C(=O)c2ccccc2Br)N1. The molecule has 5 heteroatoms. The van der Waals surface area contributed by atoms with Gasteiger partial charge in [0.15, 0.2) is 0 Å². The van der Waals surface area contributed by atoms with Gasteiger partial charge in [0.2, 0.25) is 5.78 Å².